The fourth-order valence-electron chi connectivity index (χ4n) is 2.42. The van der Waals surface area contributed by atoms with Crippen LogP contribution in [0.3, 0.4) is 0 Å². The zero-order valence-corrected chi connectivity index (χ0v) is 16.1. The molecule has 0 radical (unpaired) electrons. The van der Waals surface area contributed by atoms with Gasteiger partial charge in [0.15, 0.2) is 0 Å². The molecule has 1 heterocycles. The fourth-order valence-corrected chi connectivity index (χ4v) is 2.92. The summed E-state index contributed by atoms with van der Waals surface area (Å²) in [6, 6.07) is 15.2. The van der Waals surface area contributed by atoms with E-state index in [9.17, 15) is 20.2 Å². The summed E-state index contributed by atoms with van der Waals surface area (Å²) in [6.07, 6.45) is 1.29. The first kappa shape index (κ1) is 20.1. The van der Waals surface area contributed by atoms with Crippen LogP contribution >= 0.6 is 23.2 Å². The van der Waals surface area contributed by atoms with Crippen molar-refractivity contribution in [1.29, 1.82) is 5.26 Å². The summed E-state index contributed by atoms with van der Waals surface area (Å²) in [5.41, 5.74) is 0.619. The van der Waals surface area contributed by atoms with E-state index in [1.54, 1.807) is 36.4 Å². The Hall–Kier alpha value is -3.60. The van der Waals surface area contributed by atoms with Gasteiger partial charge in [0.2, 0.25) is 0 Å². The number of nitrogens with one attached hydrogen (secondary N) is 1. The Kier molecular flexibility index (Phi) is 5.98. The number of benzene rings is 2. The second-order valence-corrected chi connectivity index (χ2v) is 6.60. The molecule has 0 aliphatic rings. The van der Waals surface area contributed by atoms with Gasteiger partial charge in [0.1, 0.15) is 23.2 Å². The molecule has 1 amide bonds. The second kappa shape index (κ2) is 8.61. The standard InChI is InChI=1S/C20H11Cl2N3O4/c21-13-1-7-17(18(22)10-13)19-8-6-16(29-19)9-12(11-23)20(26)24-14-2-4-15(5-3-14)25(27)28/h1-10H,(H,24,26)/b12-9+. The number of furan rings is 1. The van der Waals surface area contributed by atoms with Gasteiger partial charge in [-0.25, -0.2) is 0 Å². The van der Waals surface area contributed by atoms with Crippen molar-refractivity contribution >= 4 is 46.6 Å². The number of nitro groups is 1. The first-order valence-electron chi connectivity index (χ1n) is 8.10. The van der Waals surface area contributed by atoms with Crippen molar-refractivity contribution in [2.75, 3.05) is 5.32 Å². The van der Waals surface area contributed by atoms with Crippen LogP contribution < -0.4 is 5.32 Å². The lowest BCUT2D eigenvalue weighted by molar-refractivity contribution is -0.384. The summed E-state index contributed by atoms with van der Waals surface area (Å²) >= 11 is 12.0. The first-order valence-corrected chi connectivity index (χ1v) is 8.86. The number of rotatable bonds is 5. The number of hydrogen-bond acceptors (Lipinski definition) is 5. The van der Waals surface area contributed by atoms with Crippen LogP contribution in [-0.4, -0.2) is 10.8 Å². The highest BCUT2D eigenvalue weighted by atomic mass is 35.5. The van der Waals surface area contributed by atoms with Gasteiger partial charge in [0.25, 0.3) is 11.6 Å². The fraction of sp³-hybridized carbons (Fsp3) is 0. The lowest BCUT2D eigenvalue weighted by atomic mass is 10.2. The van der Waals surface area contributed by atoms with Gasteiger partial charge in [-0.1, -0.05) is 23.2 Å². The summed E-state index contributed by atoms with van der Waals surface area (Å²) in [6.45, 7) is 0. The molecule has 0 aliphatic heterocycles. The van der Waals surface area contributed by atoms with Crippen molar-refractivity contribution in [1.82, 2.24) is 0 Å². The van der Waals surface area contributed by atoms with Crippen LogP contribution in [0.25, 0.3) is 17.4 Å². The van der Waals surface area contributed by atoms with E-state index < -0.39 is 10.8 Å². The van der Waals surface area contributed by atoms with E-state index >= 15 is 0 Å². The molecule has 0 bridgehead atoms. The zero-order chi connectivity index (χ0) is 21.0. The van der Waals surface area contributed by atoms with Gasteiger partial charge >= 0.3 is 0 Å². The predicted molar refractivity (Wildman–Crippen MR) is 109 cm³/mol. The SMILES string of the molecule is N#C/C(=C\c1ccc(-c2ccc(Cl)cc2Cl)o1)C(=O)Nc1ccc([N+](=O)[O-])cc1. The number of anilines is 1. The third kappa shape index (κ3) is 4.82. The van der Waals surface area contributed by atoms with Crippen LogP contribution in [0.15, 0.2) is 64.6 Å². The quantitative estimate of drug-likeness (QED) is 0.242. The molecule has 29 heavy (non-hydrogen) atoms. The molecule has 0 unspecified atom stereocenters. The molecule has 3 rings (SSSR count). The zero-order valence-electron chi connectivity index (χ0n) is 14.6. The smallest absolute Gasteiger partial charge is 0.269 e. The number of non-ortho nitro benzene ring substituents is 1. The minimum Gasteiger partial charge on any atom is -0.457 e. The van der Waals surface area contributed by atoms with Crippen LogP contribution in [0.4, 0.5) is 11.4 Å². The topological polar surface area (TPSA) is 109 Å². The molecule has 0 fully saturated rings. The molecule has 1 aromatic heterocycles. The van der Waals surface area contributed by atoms with Crippen molar-refractivity contribution in [2.45, 2.75) is 0 Å². The predicted octanol–water partition coefficient (Wildman–Crippen LogP) is 5.71. The Morgan fingerprint density at radius 1 is 1.14 bits per heavy atom. The molecule has 0 saturated heterocycles. The van der Waals surface area contributed by atoms with Gasteiger partial charge in [-0.05, 0) is 42.5 Å². The Bertz CT molecular complexity index is 1160. The largest absolute Gasteiger partial charge is 0.457 e. The Labute approximate surface area is 174 Å². The van der Waals surface area contributed by atoms with Gasteiger partial charge in [-0.3, -0.25) is 14.9 Å². The maximum Gasteiger partial charge on any atom is 0.269 e. The molecule has 0 spiro atoms. The highest BCUT2D eigenvalue weighted by Crippen LogP contribution is 2.32. The monoisotopic (exact) mass is 427 g/mol. The Morgan fingerprint density at radius 3 is 2.48 bits per heavy atom. The van der Waals surface area contributed by atoms with Crippen molar-refractivity contribution < 1.29 is 14.1 Å². The second-order valence-electron chi connectivity index (χ2n) is 5.75. The van der Waals surface area contributed by atoms with Crippen LogP contribution in [-0.2, 0) is 4.79 Å². The number of hydrogen-bond donors (Lipinski definition) is 1. The molecular weight excluding hydrogens is 417 g/mol. The van der Waals surface area contributed by atoms with Crippen molar-refractivity contribution in [3.05, 3.63) is 86.1 Å². The van der Waals surface area contributed by atoms with Gasteiger partial charge < -0.3 is 9.73 Å². The van der Waals surface area contributed by atoms with Crippen LogP contribution in [0.5, 0.6) is 0 Å². The van der Waals surface area contributed by atoms with Gasteiger partial charge in [-0.2, -0.15) is 5.26 Å². The first-order chi connectivity index (χ1) is 13.9. The number of carbonyl (C=O) groups excluding carboxylic acids is 1. The van der Waals surface area contributed by atoms with Crippen LogP contribution in [0.2, 0.25) is 10.0 Å². The molecule has 0 saturated carbocycles. The van der Waals surface area contributed by atoms with E-state index in [0.717, 1.165) is 0 Å². The average molecular weight is 428 g/mol. The Balaban J connectivity index is 1.79. The molecule has 2 aromatic carbocycles. The molecule has 3 aromatic rings. The van der Waals surface area contributed by atoms with Crippen molar-refractivity contribution in [3.63, 3.8) is 0 Å². The normalized spacial score (nSPS) is 11.0. The van der Waals surface area contributed by atoms with E-state index in [1.165, 1.54) is 30.3 Å². The number of halogens is 2. The third-order valence-corrected chi connectivity index (χ3v) is 4.36. The van der Waals surface area contributed by atoms with Crippen molar-refractivity contribution in [3.8, 4) is 17.4 Å². The van der Waals surface area contributed by atoms with E-state index in [-0.39, 0.29) is 17.0 Å². The number of nitro benzene ring substituents is 1. The number of nitriles is 1. The lowest BCUT2D eigenvalue weighted by Gasteiger charge is -2.03. The molecule has 144 valence electrons. The summed E-state index contributed by atoms with van der Waals surface area (Å²) in [5.74, 6) is 0.0521. The maximum atomic E-state index is 12.3. The minimum absolute atomic E-state index is 0.108. The van der Waals surface area contributed by atoms with Crippen LogP contribution in [0, 0.1) is 21.4 Å². The molecule has 1 N–H and O–H groups in total. The summed E-state index contributed by atoms with van der Waals surface area (Å²) in [7, 11) is 0. The van der Waals surface area contributed by atoms with Crippen LogP contribution in [0.1, 0.15) is 5.76 Å². The summed E-state index contributed by atoms with van der Waals surface area (Å²) in [5, 5.41) is 23.4. The molecule has 0 atom stereocenters. The number of nitrogens with zero attached hydrogens (tertiary/aromatic N) is 2. The molecule has 7 nitrogen and oxygen atoms in total. The van der Waals surface area contributed by atoms with E-state index in [1.807, 2.05) is 0 Å². The highest BCUT2D eigenvalue weighted by Gasteiger charge is 2.13. The molecular formula is C20H11Cl2N3O4. The molecule has 9 heteroatoms. The summed E-state index contributed by atoms with van der Waals surface area (Å²) in [4.78, 5) is 22.4. The third-order valence-electron chi connectivity index (χ3n) is 3.81. The van der Waals surface area contributed by atoms with Crippen molar-refractivity contribution in [2.24, 2.45) is 0 Å². The minimum atomic E-state index is -0.677. The van der Waals surface area contributed by atoms with E-state index in [0.29, 0.717) is 27.1 Å². The number of carbonyl (C=O) groups is 1. The van der Waals surface area contributed by atoms with Gasteiger partial charge in [-0.15, -0.1) is 0 Å². The summed E-state index contributed by atoms with van der Waals surface area (Å²) < 4.78 is 5.66. The molecule has 0 aliphatic carbocycles. The lowest BCUT2D eigenvalue weighted by Crippen LogP contribution is -2.13. The number of amides is 1. The van der Waals surface area contributed by atoms with Gasteiger partial charge in [0.05, 0.1) is 9.95 Å². The Morgan fingerprint density at radius 2 is 1.86 bits per heavy atom. The van der Waals surface area contributed by atoms with Gasteiger partial charge in [0, 0.05) is 34.5 Å². The highest BCUT2D eigenvalue weighted by molar-refractivity contribution is 6.36. The maximum absolute atomic E-state index is 12.3. The van der Waals surface area contributed by atoms with E-state index in [4.69, 9.17) is 27.6 Å². The average Bonchev–Trinajstić information content (AvgIpc) is 3.14. The van der Waals surface area contributed by atoms with E-state index in [2.05, 4.69) is 5.32 Å².